The molecule has 0 radical (unpaired) electrons. The van der Waals surface area contributed by atoms with Crippen LogP contribution in [0.1, 0.15) is 51.5 Å². The van der Waals surface area contributed by atoms with Gasteiger partial charge in [-0.1, -0.05) is 12.1 Å². The van der Waals surface area contributed by atoms with Crippen molar-refractivity contribution in [3.8, 4) is 5.75 Å². The first-order valence-corrected chi connectivity index (χ1v) is 12.8. The molecule has 0 aliphatic carbocycles. The van der Waals surface area contributed by atoms with Crippen LogP contribution in [0.2, 0.25) is 0 Å². The Labute approximate surface area is 222 Å². The Morgan fingerprint density at radius 3 is 2.50 bits per heavy atom. The van der Waals surface area contributed by atoms with Crippen LogP contribution < -0.4 is 26.4 Å². The van der Waals surface area contributed by atoms with E-state index in [1.54, 1.807) is 24.3 Å². The number of anilines is 2. The Morgan fingerprint density at radius 2 is 1.92 bits per heavy atom. The highest BCUT2D eigenvalue weighted by Crippen LogP contribution is 2.34. The molecular formula is C26H28FN5O5S. The van der Waals surface area contributed by atoms with Gasteiger partial charge in [0.1, 0.15) is 22.5 Å². The smallest absolute Gasteiger partial charge is 0.273 e. The van der Waals surface area contributed by atoms with Crippen LogP contribution >= 0.6 is 11.5 Å². The summed E-state index contributed by atoms with van der Waals surface area (Å²) in [5.41, 5.74) is 11.7. The van der Waals surface area contributed by atoms with Gasteiger partial charge in [-0.2, -0.15) is 4.37 Å². The maximum absolute atomic E-state index is 14.0. The molecule has 2 aromatic carbocycles. The molecule has 200 valence electrons. The summed E-state index contributed by atoms with van der Waals surface area (Å²) in [6, 6.07) is 10.6. The fourth-order valence-electron chi connectivity index (χ4n) is 4.17. The van der Waals surface area contributed by atoms with Gasteiger partial charge >= 0.3 is 0 Å². The van der Waals surface area contributed by atoms with Gasteiger partial charge < -0.3 is 26.3 Å². The molecule has 0 bridgehead atoms. The fourth-order valence-corrected chi connectivity index (χ4v) is 4.91. The first-order chi connectivity index (χ1) is 18.3. The Kier molecular flexibility index (Phi) is 8.54. The predicted octanol–water partition coefficient (Wildman–Crippen LogP) is 3.05. The molecule has 1 aliphatic heterocycles. The quantitative estimate of drug-likeness (QED) is 0.357. The van der Waals surface area contributed by atoms with E-state index in [0.717, 1.165) is 12.8 Å². The number of nitrogens with zero attached hydrogens (tertiary/aromatic N) is 2. The minimum absolute atomic E-state index is 0.0632. The number of carbonyl (C=O) groups is 3. The van der Waals surface area contributed by atoms with E-state index >= 15 is 0 Å². The lowest BCUT2D eigenvalue weighted by atomic mass is 10.0. The summed E-state index contributed by atoms with van der Waals surface area (Å²) >= 11 is 0.704. The highest BCUT2D eigenvalue weighted by atomic mass is 32.1. The molecule has 2 heterocycles. The Morgan fingerprint density at radius 1 is 1.21 bits per heavy atom. The number of hydrogen-bond acceptors (Lipinski definition) is 8. The number of carbonyl (C=O) groups excluding carboxylic acids is 3. The maximum atomic E-state index is 14.0. The standard InChI is InChI=1S/C26H28FN5O5S/c1-2-36-18-11-9-17(10-12-18)32(26(35)23-20(28)21(24(29)33)31-38-23)22(15-5-7-16(27)8-6-15)25(34)30-14-19-4-3-13-37-19/h5-12,19,22H,2-4,13-14,28H2,1H3,(H2,29,33)(H,30,34)/t19-,22-/m0/s1. The van der Waals surface area contributed by atoms with E-state index in [-0.39, 0.29) is 28.9 Å². The van der Waals surface area contributed by atoms with Gasteiger partial charge in [0.25, 0.3) is 11.8 Å². The van der Waals surface area contributed by atoms with Crippen molar-refractivity contribution < 1.29 is 28.2 Å². The monoisotopic (exact) mass is 541 g/mol. The van der Waals surface area contributed by atoms with Crippen LogP contribution in [0.15, 0.2) is 48.5 Å². The second-order valence-electron chi connectivity index (χ2n) is 8.57. The molecule has 2 atom stereocenters. The fraction of sp³-hybridized carbons (Fsp3) is 0.308. The largest absolute Gasteiger partial charge is 0.494 e. The molecule has 10 nitrogen and oxygen atoms in total. The summed E-state index contributed by atoms with van der Waals surface area (Å²) in [6.45, 7) is 3.15. The molecule has 3 aromatic rings. The number of amides is 3. The van der Waals surface area contributed by atoms with Crippen LogP contribution in [0.3, 0.4) is 0 Å². The third kappa shape index (κ3) is 5.92. The van der Waals surface area contributed by atoms with E-state index in [0.29, 0.717) is 41.7 Å². The van der Waals surface area contributed by atoms with Crippen molar-refractivity contribution in [1.82, 2.24) is 9.69 Å². The molecule has 38 heavy (non-hydrogen) atoms. The molecule has 0 unspecified atom stereocenters. The zero-order valence-electron chi connectivity index (χ0n) is 20.7. The van der Waals surface area contributed by atoms with Crippen molar-refractivity contribution in [3.63, 3.8) is 0 Å². The summed E-state index contributed by atoms with van der Waals surface area (Å²) in [7, 11) is 0. The number of rotatable bonds is 10. The molecule has 5 N–H and O–H groups in total. The number of halogens is 1. The van der Waals surface area contributed by atoms with E-state index in [9.17, 15) is 18.8 Å². The average Bonchev–Trinajstić information content (AvgIpc) is 3.57. The lowest BCUT2D eigenvalue weighted by Crippen LogP contribution is -2.45. The molecule has 1 aromatic heterocycles. The van der Waals surface area contributed by atoms with Crippen molar-refractivity contribution >= 4 is 40.6 Å². The Balaban J connectivity index is 1.80. The maximum Gasteiger partial charge on any atom is 0.273 e. The molecule has 0 saturated carbocycles. The minimum Gasteiger partial charge on any atom is -0.494 e. The summed E-state index contributed by atoms with van der Waals surface area (Å²) in [6.07, 6.45) is 1.56. The minimum atomic E-state index is -1.22. The van der Waals surface area contributed by atoms with Crippen LogP contribution in [-0.4, -0.2) is 48.0 Å². The van der Waals surface area contributed by atoms with Crippen LogP contribution in [-0.2, 0) is 9.53 Å². The van der Waals surface area contributed by atoms with Crippen LogP contribution in [0.25, 0.3) is 0 Å². The summed E-state index contributed by atoms with van der Waals surface area (Å²) in [5.74, 6) is -2.00. The van der Waals surface area contributed by atoms with E-state index in [1.165, 1.54) is 29.2 Å². The van der Waals surface area contributed by atoms with Crippen molar-refractivity contribution in [2.24, 2.45) is 5.73 Å². The zero-order chi connectivity index (χ0) is 27.2. The highest BCUT2D eigenvalue weighted by Gasteiger charge is 2.36. The van der Waals surface area contributed by atoms with Crippen LogP contribution in [0, 0.1) is 5.82 Å². The highest BCUT2D eigenvalue weighted by molar-refractivity contribution is 7.09. The second-order valence-corrected chi connectivity index (χ2v) is 9.35. The van der Waals surface area contributed by atoms with Gasteiger partial charge in [-0.3, -0.25) is 19.3 Å². The van der Waals surface area contributed by atoms with E-state index in [4.69, 9.17) is 20.9 Å². The van der Waals surface area contributed by atoms with E-state index in [1.807, 2.05) is 6.92 Å². The van der Waals surface area contributed by atoms with Gasteiger partial charge in [-0.25, -0.2) is 4.39 Å². The summed E-state index contributed by atoms with van der Waals surface area (Å²) in [5, 5.41) is 2.87. The van der Waals surface area contributed by atoms with Gasteiger partial charge in [0, 0.05) is 18.8 Å². The number of ether oxygens (including phenoxy) is 2. The van der Waals surface area contributed by atoms with Gasteiger partial charge in [0.05, 0.1) is 18.4 Å². The first-order valence-electron chi connectivity index (χ1n) is 12.1. The van der Waals surface area contributed by atoms with E-state index < -0.39 is 29.6 Å². The van der Waals surface area contributed by atoms with Crippen molar-refractivity contribution in [1.29, 1.82) is 0 Å². The zero-order valence-corrected chi connectivity index (χ0v) is 21.5. The normalized spacial score (nSPS) is 15.6. The number of nitrogen functional groups attached to an aromatic ring is 1. The molecule has 4 rings (SSSR count). The summed E-state index contributed by atoms with van der Waals surface area (Å²) < 4.78 is 28.9. The predicted molar refractivity (Wildman–Crippen MR) is 141 cm³/mol. The number of nitrogens with two attached hydrogens (primary N) is 2. The third-order valence-electron chi connectivity index (χ3n) is 6.02. The van der Waals surface area contributed by atoms with Gasteiger partial charge in [-0.05, 0) is 73.3 Å². The Hall–Kier alpha value is -4.03. The molecule has 12 heteroatoms. The number of nitrogens with one attached hydrogen (secondary N) is 1. The third-order valence-corrected chi connectivity index (χ3v) is 6.87. The molecule has 1 aliphatic rings. The molecular weight excluding hydrogens is 513 g/mol. The van der Waals surface area contributed by atoms with Crippen LogP contribution in [0.4, 0.5) is 15.8 Å². The van der Waals surface area contributed by atoms with Crippen molar-refractivity contribution in [2.75, 3.05) is 30.4 Å². The van der Waals surface area contributed by atoms with Crippen molar-refractivity contribution in [2.45, 2.75) is 31.9 Å². The van der Waals surface area contributed by atoms with Gasteiger partial charge in [-0.15, -0.1) is 0 Å². The number of hydrogen-bond donors (Lipinski definition) is 3. The summed E-state index contributed by atoms with van der Waals surface area (Å²) in [4.78, 5) is 40.6. The molecule has 0 spiro atoms. The second kappa shape index (κ2) is 12.0. The Bertz CT molecular complexity index is 1290. The molecule has 1 saturated heterocycles. The lowest BCUT2D eigenvalue weighted by Gasteiger charge is -2.31. The molecule has 3 amide bonds. The molecule has 1 fully saturated rings. The van der Waals surface area contributed by atoms with Crippen molar-refractivity contribution in [3.05, 3.63) is 70.5 Å². The lowest BCUT2D eigenvalue weighted by molar-refractivity contribution is -0.123. The number of aromatic nitrogens is 1. The van der Waals surface area contributed by atoms with Gasteiger partial charge in [0.2, 0.25) is 5.91 Å². The van der Waals surface area contributed by atoms with E-state index in [2.05, 4.69) is 9.69 Å². The van der Waals surface area contributed by atoms with Crippen LogP contribution in [0.5, 0.6) is 5.75 Å². The number of primary amides is 1. The SMILES string of the molecule is CCOc1ccc(N(C(=O)c2snc(C(N)=O)c2N)[C@H](C(=O)NC[C@@H]2CCCO2)c2ccc(F)cc2)cc1. The topological polar surface area (TPSA) is 150 Å². The number of benzene rings is 2. The van der Waals surface area contributed by atoms with Gasteiger partial charge in [0.15, 0.2) is 5.69 Å². The first kappa shape index (κ1) is 27.0. The average molecular weight is 542 g/mol.